The Morgan fingerprint density at radius 3 is 1.96 bits per heavy atom. The molecule has 2 amide bonds. The van der Waals surface area contributed by atoms with Gasteiger partial charge in [-0.3, -0.25) is 20.4 Å². The predicted molar refractivity (Wildman–Crippen MR) is 108 cm³/mol. The molecule has 0 fully saturated rings. The van der Waals surface area contributed by atoms with Gasteiger partial charge in [-0.05, 0) is 41.8 Å². The molecule has 0 saturated heterocycles. The van der Waals surface area contributed by atoms with Crippen LogP contribution in [0.2, 0.25) is 0 Å². The molecule has 0 aromatic heterocycles. The Labute approximate surface area is 164 Å². The van der Waals surface area contributed by atoms with Crippen molar-refractivity contribution in [1.29, 1.82) is 0 Å². The van der Waals surface area contributed by atoms with Gasteiger partial charge in [-0.1, -0.05) is 60.7 Å². The second-order valence-electron chi connectivity index (χ2n) is 6.29. The van der Waals surface area contributed by atoms with Crippen molar-refractivity contribution in [1.82, 2.24) is 10.9 Å². The largest absolute Gasteiger partial charge is 0.489 e. The highest BCUT2D eigenvalue weighted by Crippen LogP contribution is 2.14. The molecule has 3 aromatic carbocycles. The Morgan fingerprint density at radius 2 is 1.32 bits per heavy atom. The number of hydrogen-bond acceptors (Lipinski definition) is 3. The van der Waals surface area contributed by atoms with Crippen LogP contribution in [-0.2, 0) is 17.8 Å². The molecule has 0 aliphatic heterocycles. The molecular formula is C23H22N2O3. The minimum absolute atomic E-state index is 0.236. The van der Waals surface area contributed by atoms with Crippen molar-refractivity contribution in [2.75, 3.05) is 0 Å². The van der Waals surface area contributed by atoms with E-state index in [9.17, 15) is 9.59 Å². The molecule has 3 rings (SSSR count). The smallest absolute Gasteiger partial charge is 0.269 e. The highest BCUT2D eigenvalue weighted by Gasteiger charge is 2.08. The van der Waals surface area contributed by atoms with Gasteiger partial charge >= 0.3 is 0 Å². The van der Waals surface area contributed by atoms with Crippen LogP contribution in [0.25, 0.3) is 0 Å². The first-order valence-corrected chi connectivity index (χ1v) is 9.10. The zero-order valence-corrected chi connectivity index (χ0v) is 15.4. The highest BCUT2D eigenvalue weighted by atomic mass is 16.5. The summed E-state index contributed by atoms with van der Waals surface area (Å²) < 4.78 is 5.70. The lowest BCUT2D eigenvalue weighted by Crippen LogP contribution is -2.41. The third-order valence-electron chi connectivity index (χ3n) is 4.16. The standard InChI is InChI=1S/C23H22N2O3/c26-22(16-11-18-7-3-1-4-8-18)24-25-23(27)20-12-14-21(15-13-20)28-17-19-9-5-2-6-10-19/h1-10,12-15H,11,16-17H2,(H,24,26)(H,25,27). The molecular weight excluding hydrogens is 352 g/mol. The van der Waals surface area contributed by atoms with E-state index in [0.717, 1.165) is 11.1 Å². The summed E-state index contributed by atoms with van der Waals surface area (Å²) >= 11 is 0. The van der Waals surface area contributed by atoms with Gasteiger partial charge in [0.1, 0.15) is 12.4 Å². The number of carbonyl (C=O) groups excluding carboxylic acids is 2. The molecule has 3 aromatic rings. The topological polar surface area (TPSA) is 67.4 Å². The maximum atomic E-state index is 12.1. The highest BCUT2D eigenvalue weighted by molar-refractivity contribution is 5.95. The summed E-state index contributed by atoms with van der Waals surface area (Å²) in [5.41, 5.74) is 7.47. The van der Waals surface area contributed by atoms with Crippen LogP contribution in [0.4, 0.5) is 0 Å². The van der Waals surface area contributed by atoms with E-state index in [1.807, 2.05) is 60.7 Å². The van der Waals surface area contributed by atoms with Gasteiger partial charge in [0.15, 0.2) is 0 Å². The third-order valence-corrected chi connectivity index (χ3v) is 4.16. The van der Waals surface area contributed by atoms with Crippen molar-refractivity contribution in [3.05, 3.63) is 102 Å². The van der Waals surface area contributed by atoms with E-state index >= 15 is 0 Å². The number of hydrazine groups is 1. The summed E-state index contributed by atoms with van der Waals surface area (Å²) in [5, 5.41) is 0. The van der Waals surface area contributed by atoms with Gasteiger partial charge in [0.25, 0.3) is 5.91 Å². The first-order chi connectivity index (χ1) is 13.7. The fraction of sp³-hybridized carbons (Fsp3) is 0.130. The van der Waals surface area contributed by atoms with Crippen molar-refractivity contribution in [2.24, 2.45) is 0 Å². The molecule has 0 spiro atoms. The van der Waals surface area contributed by atoms with Crippen molar-refractivity contribution in [3.8, 4) is 5.75 Å². The Balaban J connectivity index is 1.42. The number of rotatable bonds is 7. The molecule has 0 aliphatic carbocycles. The normalized spacial score (nSPS) is 10.1. The van der Waals surface area contributed by atoms with E-state index in [4.69, 9.17) is 4.74 Å². The summed E-state index contributed by atoms with van der Waals surface area (Å²) in [6, 6.07) is 26.4. The first kappa shape index (κ1) is 19.2. The Morgan fingerprint density at radius 1 is 0.714 bits per heavy atom. The zero-order chi connectivity index (χ0) is 19.6. The first-order valence-electron chi connectivity index (χ1n) is 9.10. The van der Waals surface area contributed by atoms with Gasteiger partial charge < -0.3 is 4.74 Å². The molecule has 0 unspecified atom stereocenters. The van der Waals surface area contributed by atoms with E-state index in [1.54, 1.807) is 24.3 Å². The van der Waals surface area contributed by atoms with Crippen LogP contribution < -0.4 is 15.6 Å². The predicted octanol–water partition coefficient (Wildman–Crippen LogP) is 3.66. The summed E-state index contributed by atoms with van der Waals surface area (Å²) in [7, 11) is 0. The van der Waals surface area contributed by atoms with Crippen LogP contribution in [0.3, 0.4) is 0 Å². The van der Waals surface area contributed by atoms with Crippen LogP contribution in [0, 0.1) is 0 Å². The molecule has 0 aliphatic rings. The van der Waals surface area contributed by atoms with Gasteiger partial charge in [0.2, 0.25) is 5.91 Å². The van der Waals surface area contributed by atoms with E-state index in [0.29, 0.717) is 30.8 Å². The maximum absolute atomic E-state index is 12.1. The summed E-state index contributed by atoms with van der Waals surface area (Å²) in [5.74, 6) is 0.0648. The lowest BCUT2D eigenvalue weighted by molar-refractivity contribution is -0.121. The lowest BCUT2D eigenvalue weighted by Gasteiger charge is -2.09. The second-order valence-corrected chi connectivity index (χ2v) is 6.29. The van der Waals surface area contributed by atoms with Gasteiger partial charge in [-0.15, -0.1) is 0 Å². The number of ether oxygens (including phenoxy) is 1. The van der Waals surface area contributed by atoms with Crippen LogP contribution in [0.5, 0.6) is 5.75 Å². The van der Waals surface area contributed by atoms with Crippen LogP contribution >= 0.6 is 0 Å². The van der Waals surface area contributed by atoms with Gasteiger partial charge in [0.05, 0.1) is 0 Å². The number of aryl methyl sites for hydroxylation is 1. The molecule has 0 atom stereocenters. The van der Waals surface area contributed by atoms with E-state index in [-0.39, 0.29) is 11.8 Å². The van der Waals surface area contributed by atoms with E-state index in [2.05, 4.69) is 10.9 Å². The molecule has 2 N–H and O–H groups in total. The third kappa shape index (κ3) is 5.99. The number of amides is 2. The molecule has 5 nitrogen and oxygen atoms in total. The van der Waals surface area contributed by atoms with E-state index < -0.39 is 0 Å². The molecule has 0 bridgehead atoms. The molecule has 28 heavy (non-hydrogen) atoms. The fourth-order valence-electron chi connectivity index (χ4n) is 2.61. The summed E-state index contributed by atoms with van der Waals surface area (Å²) in [6.45, 7) is 0.462. The number of nitrogens with one attached hydrogen (secondary N) is 2. The fourth-order valence-corrected chi connectivity index (χ4v) is 2.61. The van der Waals surface area contributed by atoms with Gasteiger partial charge in [-0.25, -0.2) is 0 Å². The molecule has 5 heteroatoms. The van der Waals surface area contributed by atoms with Crippen LogP contribution in [0.1, 0.15) is 27.9 Å². The lowest BCUT2D eigenvalue weighted by atomic mass is 10.1. The Kier molecular flexibility index (Phi) is 6.79. The monoisotopic (exact) mass is 374 g/mol. The number of benzene rings is 3. The molecule has 0 heterocycles. The van der Waals surface area contributed by atoms with Crippen molar-refractivity contribution < 1.29 is 14.3 Å². The molecule has 0 saturated carbocycles. The summed E-state index contributed by atoms with van der Waals surface area (Å²) in [6.07, 6.45) is 0.923. The zero-order valence-electron chi connectivity index (χ0n) is 15.4. The summed E-state index contributed by atoms with van der Waals surface area (Å²) in [4.78, 5) is 24.0. The minimum atomic E-state index is -0.373. The maximum Gasteiger partial charge on any atom is 0.269 e. The second kappa shape index (κ2) is 9.92. The van der Waals surface area contributed by atoms with Gasteiger partial charge in [-0.2, -0.15) is 0 Å². The quantitative estimate of drug-likeness (QED) is 0.620. The van der Waals surface area contributed by atoms with Crippen molar-refractivity contribution in [3.63, 3.8) is 0 Å². The van der Waals surface area contributed by atoms with Crippen LogP contribution in [0.15, 0.2) is 84.9 Å². The Hall–Kier alpha value is -3.60. The Bertz CT molecular complexity index is 894. The average Bonchev–Trinajstić information content (AvgIpc) is 2.76. The molecule has 0 radical (unpaired) electrons. The van der Waals surface area contributed by atoms with Crippen molar-refractivity contribution >= 4 is 11.8 Å². The average molecular weight is 374 g/mol. The minimum Gasteiger partial charge on any atom is -0.489 e. The van der Waals surface area contributed by atoms with E-state index in [1.165, 1.54) is 0 Å². The SMILES string of the molecule is O=C(CCc1ccccc1)NNC(=O)c1ccc(OCc2ccccc2)cc1. The van der Waals surface area contributed by atoms with Crippen molar-refractivity contribution in [2.45, 2.75) is 19.4 Å². The molecule has 142 valence electrons. The number of hydrogen-bond donors (Lipinski definition) is 2. The number of carbonyl (C=O) groups is 2. The van der Waals surface area contributed by atoms with Gasteiger partial charge in [0, 0.05) is 12.0 Å². The van der Waals surface area contributed by atoms with Crippen LogP contribution in [-0.4, -0.2) is 11.8 Å².